The fraction of sp³-hybridized carbons (Fsp3) is 0.625. The molecule has 0 amide bonds. The van der Waals surface area contributed by atoms with Crippen LogP contribution < -0.4 is 5.32 Å². The van der Waals surface area contributed by atoms with Crippen molar-refractivity contribution in [3.8, 4) is 0 Å². The van der Waals surface area contributed by atoms with Gasteiger partial charge in [0.05, 0.1) is 6.10 Å². The predicted octanol–water partition coefficient (Wildman–Crippen LogP) is 3.70. The molecule has 0 bridgehead atoms. The van der Waals surface area contributed by atoms with Gasteiger partial charge in [-0.15, -0.1) is 11.8 Å². The topological polar surface area (TPSA) is 21.3 Å². The molecule has 106 valence electrons. The second kappa shape index (κ2) is 7.32. The zero-order chi connectivity index (χ0) is 13.7. The van der Waals surface area contributed by atoms with Crippen molar-refractivity contribution in [3.63, 3.8) is 0 Å². The Morgan fingerprint density at radius 1 is 1.32 bits per heavy atom. The van der Waals surface area contributed by atoms with Crippen molar-refractivity contribution in [3.05, 3.63) is 29.8 Å². The Balaban J connectivity index is 1.81. The van der Waals surface area contributed by atoms with Crippen molar-refractivity contribution in [2.75, 3.05) is 13.2 Å². The minimum absolute atomic E-state index is 0.386. The molecule has 0 spiro atoms. The van der Waals surface area contributed by atoms with Crippen LogP contribution in [0, 0.1) is 5.92 Å². The molecule has 3 heteroatoms. The summed E-state index contributed by atoms with van der Waals surface area (Å²) >= 11 is 1.95. The van der Waals surface area contributed by atoms with Crippen LogP contribution in [-0.4, -0.2) is 24.5 Å². The van der Waals surface area contributed by atoms with E-state index in [1.165, 1.54) is 16.9 Å². The van der Waals surface area contributed by atoms with E-state index in [0.29, 0.717) is 17.3 Å². The lowest BCUT2D eigenvalue weighted by molar-refractivity contribution is 0.127. The van der Waals surface area contributed by atoms with Gasteiger partial charge >= 0.3 is 0 Å². The SMILES string of the molecule is CC(C)CNCc1ccc(SC2CCOC2C)cc1. The highest BCUT2D eigenvalue weighted by Crippen LogP contribution is 2.32. The molecule has 0 aliphatic carbocycles. The van der Waals surface area contributed by atoms with Crippen molar-refractivity contribution in [2.24, 2.45) is 5.92 Å². The number of ether oxygens (including phenoxy) is 1. The van der Waals surface area contributed by atoms with Gasteiger partial charge in [0.1, 0.15) is 0 Å². The van der Waals surface area contributed by atoms with Crippen LogP contribution in [0.15, 0.2) is 29.2 Å². The zero-order valence-electron chi connectivity index (χ0n) is 12.2. The lowest BCUT2D eigenvalue weighted by atomic mass is 10.2. The fourth-order valence-corrected chi connectivity index (χ4v) is 3.36. The van der Waals surface area contributed by atoms with E-state index in [2.05, 4.69) is 50.4 Å². The summed E-state index contributed by atoms with van der Waals surface area (Å²) in [6.45, 7) is 9.60. The minimum atomic E-state index is 0.386. The number of rotatable bonds is 6. The molecule has 1 heterocycles. The Morgan fingerprint density at radius 3 is 2.63 bits per heavy atom. The van der Waals surface area contributed by atoms with Crippen LogP contribution in [0.5, 0.6) is 0 Å². The molecule has 2 nitrogen and oxygen atoms in total. The number of nitrogens with one attached hydrogen (secondary N) is 1. The van der Waals surface area contributed by atoms with Crippen LogP contribution in [0.25, 0.3) is 0 Å². The van der Waals surface area contributed by atoms with Crippen molar-refractivity contribution in [1.82, 2.24) is 5.32 Å². The summed E-state index contributed by atoms with van der Waals surface area (Å²) in [5.41, 5.74) is 1.36. The van der Waals surface area contributed by atoms with Gasteiger partial charge in [-0.05, 0) is 43.5 Å². The number of thioether (sulfide) groups is 1. The summed E-state index contributed by atoms with van der Waals surface area (Å²) in [5, 5.41) is 4.09. The summed E-state index contributed by atoms with van der Waals surface area (Å²) in [6.07, 6.45) is 1.56. The molecule has 1 fully saturated rings. The van der Waals surface area contributed by atoms with Crippen LogP contribution >= 0.6 is 11.8 Å². The van der Waals surface area contributed by atoms with Gasteiger partial charge in [0.2, 0.25) is 0 Å². The average molecular weight is 279 g/mol. The molecule has 1 aromatic carbocycles. The molecule has 0 radical (unpaired) electrons. The Morgan fingerprint density at radius 2 is 2.05 bits per heavy atom. The second-order valence-electron chi connectivity index (χ2n) is 5.69. The highest BCUT2D eigenvalue weighted by atomic mass is 32.2. The highest BCUT2D eigenvalue weighted by Gasteiger charge is 2.24. The summed E-state index contributed by atoms with van der Waals surface area (Å²) in [6, 6.07) is 8.94. The molecule has 1 aliphatic rings. The minimum Gasteiger partial charge on any atom is -0.377 e. The van der Waals surface area contributed by atoms with Gasteiger partial charge in [0.25, 0.3) is 0 Å². The Hall–Kier alpha value is -0.510. The Labute approximate surface area is 121 Å². The summed E-state index contributed by atoms with van der Waals surface area (Å²) in [4.78, 5) is 1.36. The van der Waals surface area contributed by atoms with Gasteiger partial charge < -0.3 is 10.1 Å². The quantitative estimate of drug-likeness (QED) is 0.858. The van der Waals surface area contributed by atoms with Crippen LogP contribution in [0.4, 0.5) is 0 Å². The number of hydrogen-bond donors (Lipinski definition) is 1. The summed E-state index contributed by atoms with van der Waals surface area (Å²) in [7, 11) is 0. The third-order valence-corrected chi connectivity index (χ3v) is 4.87. The monoisotopic (exact) mass is 279 g/mol. The van der Waals surface area contributed by atoms with Gasteiger partial charge in [-0.3, -0.25) is 0 Å². The Bertz CT molecular complexity index is 377. The molecule has 2 rings (SSSR count). The van der Waals surface area contributed by atoms with Crippen LogP contribution in [0.3, 0.4) is 0 Å². The first-order chi connectivity index (χ1) is 9.15. The van der Waals surface area contributed by atoms with E-state index in [-0.39, 0.29) is 0 Å². The lowest BCUT2D eigenvalue weighted by Gasteiger charge is -2.14. The van der Waals surface area contributed by atoms with Gasteiger partial charge in [-0.1, -0.05) is 26.0 Å². The Kier molecular flexibility index (Phi) is 5.74. The molecule has 2 atom stereocenters. The first-order valence-electron chi connectivity index (χ1n) is 7.23. The van der Waals surface area contributed by atoms with Gasteiger partial charge in [0.15, 0.2) is 0 Å². The molecule has 0 aromatic heterocycles. The summed E-state index contributed by atoms with van der Waals surface area (Å²) < 4.78 is 5.61. The molecular weight excluding hydrogens is 254 g/mol. The fourth-order valence-electron chi connectivity index (χ4n) is 2.23. The normalized spacial score (nSPS) is 23.2. The predicted molar refractivity (Wildman–Crippen MR) is 82.7 cm³/mol. The van der Waals surface area contributed by atoms with E-state index in [1.807, 2.05) is 11.8 Å². The smallest absolute Gasteiger partial charge is 0.0669 e. The first kappa shape index (κ1) is 14.9. The van der Waals surface area contributed by atoms with Gasteiger partial charge in [0, 0.05) is 23.3 Å². The van der Waals surface area contributed by atoms with E-state index >= 15 is 0 Å². The van der Waals surface area contributed by atoms with E-state index in [0.717, 1.165) is 19.7 Å². The van der Waals surface area contributed by atoms with Crippen molar-refractivity contribution in [2.45, 2.75) is 50.0 Å². The van der Waals surface area contributed by atoms with Crippen LogP contribution in [0.1, 0.15) is 32.8 Å². The molecule has 1 aliphatic heterocycles. The maximum atomic E-state index is 5.61. The van der Waals surface area contributed by atoms with E-state index in [1.54, 1.807) is 0 Å². The molecule has 19 heavy (non-hydrogen) atoms. The van der Waals surface area contributed by atoms with E-state index in [9.17, 15) is 0 Å². The number of benzene rings is 1. The molecule has 2 unspecified atom stereocenters. The molecule has 1 aromatic rings. The lowest BCUT2D eigenvalue weighted by Crippen LogP contribution is -2.18. The third-order valence-electron chi connectivity index (χ3n) is 3.40. The molecule has 1 N–H and O–H groups in total. The van der Waals surface area contributed by atoms with Crippen molar-refractivity contribution < 1.29 is 4.74 Å². The summed E-state index contributed by atoms with van der Waals surface area (Å²) in [5.74, 6) is 0.707. The van der Waals surface area contributed by atoms with Crippen molar-refractivity contribution in [1.29, 1.82) is 0 Å². The average Bonchev–Trinajstić information content (AvgIpc) is 2.77. The van der Waals surface area contributed by atoms with Gasteiger partial charge in [-0.25, -0.2) is 0 Å². The van der Waals surface area contributed by atoms with Gasteiger partial charge in [-0.2, -0.15) is 0 Å². The third kappa shape index (κ3) is 4.83. The highest BCUT2D eigenvalue weighted by molar-refractivity contribution is 8.00. The maximum absolute atomic E-state index is 5.61. The number of hydrogen-bond acceptors (Lipinski definition) is 3. The largest absolute Gasteiger partial charge is 0.377 e. The maximum Gasteiger partial charge on any atom is 0.0669 e. The first-order valence-corrected chi connectivity index (χ1v) is 8.11. The van der Waals surface area contributed by atoms with E-state index in [4.69, 9.17) is 4.74 Å². The standard InChI is InChI=1S/C16H25NOS/c1-12(2)10-17-11-14-4-6-15(7-5-14)19-16-8-9-18-13(16)3/h4-7,12-13,16-17H,8-11H2,1-3H3. The van der Waals surface area contributed by atoms with Crippen LogP contribution in [-0.2, 0) is 11.3 Å². The molecule has 0 saturated carbocycles. The van der Waals surface area contributed by atoms with Crippen molar-refractivity contribution >= 4 is 11.8 Å². The second-order valence-corrected chi connectivity index (χ2v) is 7.00. The molecule has 1 saturated heterocycles. The van der Waals surface area contributed by atoms with E-state index < -0.39 is 0 Å². The van der Waals surface area contributed by atoms with Crippen LogP contribution in [0.2, 0.25) is 0 Å². The zero-order valence-corrected chi connectivity index (χ0v) is 13.0. The molecular formula is C16H25NOS.